The van der Waals surface area contributed by atoms with Crippen molar-refractivity contribution in [2.75, 3.05) is 10.7 Å². The molecule has 11 nitrogen and oxygen atoms in total. The summed E-state index contributed by atoms with van der Waals surface area (Å²) in [6, 6.07) is 48.0. The highest BCUT2D eigenvalue weighted by Gasteiger charge is 2.51. The normalized spacial score (nSPS) is 22.5. The molecular formula is C50H46FNO10S. The Hall–Kier alpha value is -6.06. The molecule has 0 aliphatic carbocycles. The summed E-state index contributed by atoms with van der Waals surface area (Å²) >= 11 is 1.39. The summed E-state index contributed by atoms with van der Waals surface area (Å²) < 4.78 is 38.4. The second-order valence-corrected chi connectivity index (χ2v) is 16.6. The van der Waals surface area contributed by atoms with Crippen LogP contribution in [0.25, 0.3) is 11.1 Å². The summed E-state index contributed by atoms with van der Waals surface area (Å²) in [5, 5.41) is 40.5. The van der Waals surface area contributed by atoms with Crippen LogP contribution in [-0.4, -0.2) is 74.0 Å². The van der Waals surface area contributed by atoms with Crippen LogP contribution in [0.1, 0.15) is 40.8 Å². The highest BCUT2D eigenvalue weighted by atomic mass is 32.2. The highest BCUT2D eigenvalue weighted by molar-refractivity contribution is 8.00. The van der Waals surface area contributed by atoms with E-state index in [2.05, 4.69) is 0 Å². The zero-order valence-electron chi connectivity index (χ0n) is 33.9. The van der Waals surface area contributed by atoms with Gasteiger partial charge in [-0.1, -0.05) is 115 Å². The number of para-hydroxylation sites is 1. The monoisotopic (exact) mass is 871 g/mol. The number of thioether (sulfide) groups is 1. The molecule has 63 heavy (non-hydrogen) atoms. The van der Waals surface area contributed by atoms with Gasteiger partial charge in [-0.25, -0.2) is 9.18 Å². The summed E-state index contributed by atoms with van der Waals surface area (Å²) in [6.07, 6.45) is -9.75. The molecule has 0 aromatic heterocycles. The van der Waals surface area contributed by atoms with E-state index in [0.29, 0.717) is 29.4 Å². The molecule has 13 heteroatoms. The van der Waals surface area contributed by atoms with Gasteiger partial charge in [0.15, 0.2) is 12.4 Å². The topological polar surface area (TPSA) is 155 Å². The number of aliphatic carboxylic acids is 1. The number of halogens is 1. The number of carboxylic acid groups (broad SMARTS) is 1. The van der Waals surface area contributed by atoms with Crippen molar-refractivity contribution in [1.82, 2.24) is 0 Å². The Morgan fingerprint density at radius 1 is 0.714 bits per heavy atom. The first-order valence-corrected chi connectivity index (χ1v) is 21.6. The standard InChI is InChI=1S/C50H46FNO10S/c51-36-22-19-33(20-23-36)40(61-50-45(55)43(53)44(54)46(62-50)49(57)58)25-26-63-47-42(52(48(47)56)37-16-8-3-9-17-37)39-24-21-35(28-41(39)60-30-32-13-6-2-7-14-32)34-15-10-18-38(27-34)59-29-31-11-4-1-5-12-31/h1-24,27-28,40,42-47,50,53-55H,25-26,29-30H2,(H,57,58)/t40-,42+,43?,44?,45?,46?,47+,50?/m0/s1. The summed E-state index contributed by atoms with van der Waals surface area (Å²) in [5.74, 6) is -0.525. The van der Waals surface area contributed by atoms with Crippen molar-refractivity contribution in [3.05, 3.63) is 186 Å². The largest absolute Gasteiger partial charge is 0.489 e. The second-order valence-electron chi connectivity index (χ2n) is 15.3. The Labute approximate surface area is 368 Å². The fraction of sp³-hybridized carbons (Fsp3) is 0.240. The molecule has 324 valence electrons. The molecule has 2 aliphatic rings. The maximum absolute atomic E-state index is 14.3. The Bertz CT molecular complexity index is 2460. The van der Waals surface area contributed by atoms with Gasteiger partial charge in [0.2, 0.25) is 5.91 Å². The van der Waals surface area contributed by atoms with E-state index in [0.717, 1.165) is 33.5 Å². The molecule has 6 aromatic carbocycles. The molecule has 0 bridgehead atoms. The van der Waals surface area contributed by atoms with Crippen molar-refractivity contribution in [3.8, 4) is 22.6 Å². The third-order valence-corrected chi connectivity index (χ3v) is 12.4. The number of nitrogens with zero attached hydrogens (tertiary/aromatic N) is 1. The zero-order valence-corrected chi connectivity index (χ0v) is 34.7. The third-order valence-electron chi connectivity index (χ3n) is 11.1. The van der Waals surface area contributed by atoms with Crippen molar-refractivity contribution >= 4 is 29.3 Å². The lowest BCUT2D eigenvalue weighted by Crippen LogP contribution is -2.60. The number of aliphatic hydroxyl groups is 3. The van der Waals surface area contributed by atoms with E-state index in [9.17, 15) is 34.4 Å². The number of aliphatic hydroxyl groups excluding tert-OH is 3. The van der Waals surface area contributed by atoms with Gasteiger partial charge in [-0.3, -0.25) is 4.79 Å². The van der Waals surface area contributed by atoms with E-state index < -0.39 is 59.9 Å². The number of carbonyl (C=O) groups excluding carboxylic acids is 1. The Kier molecular flexibility index (Phi) is 13.8. The molecule has 8 rings (SSSR count). The van der Waals surface area contributed by atoms with Crippen molar-refractivity contribution < 1.29 is 53.4 Å². The minimum atomic E-state index is -1.90. The van der Waals surface area contributed by atoms with Crippen LogP contribution in [0.15, 0.2) is 158 Å². The first kappa shape index (κ1) is 43.6. The lowest BCUT2D eigenvalue weighted by molar-refractivity contribution is -0.305. The molecule has 0 radical (unpaired) electrons. The van der Waals surface area contributed by atoms with E-state index in [1.54, 1.807) is 4.90 Å². The number of amides is 1. The number of hydrogen-bond acceptors (Lipinski definition) is 10. The predicted molar refractivity (Wildman–Crippen MR) is 236 cm³/mol. The number of carbonyl (C=O) groups is 2. The number of β-lactam (4-membered cyclic amide) rings is 1. The van der Waals surface area contributed by atoms with Crippen LogP contribution in [0.4, 0.5) is 10.1 Å². The van der Waals surface area contributed by atoms with Gasteiger partial charge in [-0.05, 0) is 82.5 Å². The molecule has 0 saturated carbocycles. The molecule has 0 spiro atoms. The molecule has 6 aromatic rings. The van der Waals surface area contributed by atoms with Gasteiger partial charge in [0.25, 0.3) is 0 Å². The fourth-order valence-electron chi connectivity index (χ4n) is 7.75. The van der Waals surface area contributed by atoms with Crippen LogP contribution >= 0.6 is 11.8 Å². The minimum absolute atomic E-state index is 0.121. The quantitative estimate of drug-likeness (QED) is 0.0662. The summed E-state index contributed by atoms with van der Waals surface area (Å²) in [6.45, 7) is 0.700. The number of hydrogen-bond donors (Lipinski definition) is 4. The number of anilines is 1. The molecular weight excluding hydrogens is 826 g/mol. The van der Waals surface area contributed by atoms with Gasteiger partial charge in [-0.15, -0.1) is 11.8 Å². The average molecular weight is 872 g/mol. The summed E-state index contributed by atoms with van der Waals surface area (Å²) in [5.41, 5.74) is 5.84. The van der Waals surface area contributed by atoms with Gasteiger partial charge < -0.3 is 44.3 Å². The van der Waals surface area contributed by atoms with Gasteiger partial charge >= 0.3 is 5.97 Å². The van der Waals surface area contributed by atoms with Gasteiger partial charge in [0, 0.05) is 11.3 Å². The van der Waals surface area contributed by atoms with E-state index in [1.807, 2.05) is 133 Å². The van der Waals surface area contributed by atoms with Crippen LogP contribution in [0, 0.1) is 5.82 Å². The van der Waals surface area contributed by atoms with Crippen LogP contribution in [-0.2, 0) is 32.3 Å². The summed E-state index contributed by atoms with van der Waals surface area (Å²) in [7, 11) is 0. The smallest absolute Gasteiger partial charge is 0.335 e. The van der Waals surface area contributed by atoms with Crippen LogP contribution in [0.2, 0.25) is 0 Å². The molecule has 5 unspecified atom stereocenters. The number of benzene rings is 6. The lowest BCUT2D eigenvalue weighted by atomic mass is 9.90. The van der Waals surface area contributed by atoms with Gasteiger partial charge in [0.05, 0.1) is 12.1 Å². The van der Waals surface area contributed by atoms with E-state index >= 15 is 0 Å². The Morgan fingerprint density at radius 2 is 1.35 bits per heavy atom. The van der Waals surface area contributed by atoms with Crippen molar-refractivity contribution in [3.63, 3.8) is 0 Å². The van der Waals surface area contributed by atoms with Crippen LogP contribution in [0.3, 0.4) is 0 Å². The highest BCUT2D eigenvalue weighted by Crippen LogP contribution is 2.49. The molecule has 2 heterocycles. The molecule has 8 atom stereocenters. The summed E-state index contributed by atoms with van der Waals surface area (Å²) in [4.78, 5) is 27.8. The van der Waals surface area contributed by atoms with Crippen LogP contribution in [0.5, 0.6) is 11.5 Å². The average Bonchev–Trinajstić information content (AvgIpc) is 3.31. The van der Waals surface area contributed by atoms with Crippen molar-refractivity contribution in [2.24, 2.45) is 0 Å². The maximum atomic E-state index is 14.3. The number of ether oxygens (including phenoxy) is 4. The molecule has 4 N–H and O–H groups in total. The lowest BCUT2D eigenvalue weighted by Gasteiger charge is -2.47. The first-order valence-electron chi connectivity index (χ1n) is 20.6. The Balaban J connectivity index is 1.08. The fourth-order valence-corrected chi connectivity index (χ4v) is 9.06. The Morgan fingerprint density at radius 3 is 2.02 bits per heavy atom. The van der Waals surface area contributed by atoms with Gasteiger partial charge in [0.1, 0.15) is 54.1 Å². The van der Waals surface area contributed by atoms with Crippen LogP contribution < -0.4 is 14.4 Å². The van der Waals surface area contributed by atoms with Crippen molar-refractivity contribution in [2.45, 2.75) is 67.7 Å². The number of rotatable bonds is 17. The van der Waals surface area contributed by atoms with Gasteiger partial charge in [-0.2, -0.15) is 0 Å². The SMILES string of the molecule is O=C(O)C1OC(O[C@@H](CCS[C@H]2C(=O)N(c3ccccc3)[C@@H]2c2ccc(-c3cccc(OCc4ccccc4)c3)cc2OCc2ccccc2)c2ccc(F)cc2)C(O)C(O)C1O. The second kappa shape index (κ2) is 20.0. The van der Waals surface area contributed by atoms with E-state index in [-0.39, 0.29) is 18.9 Å². The third kappa shape index (κ3) is 10.1. The molecule has 1 amide bonds. The molecule has 2 aliphatic heterocycles. The predicted octanol–water partition coefficient (Wildman–Crippen LogP) is 7.88. The molecule has 2 fully saturated rings. The number of carboxylic acids is 1. The minimum Gasteiger partial charge on any atom is -0.489 e. The molecule has 2 saturated heterocycles. The first-order chi connectivity index (χ1) is 30.6. The van der Waals surface area contributed by atoms with Crippen molar-refractivity contribution in [1.29, 1.82) is 0 Å². The zero-order chi connectivity index (χ0) is 43.9. The van der Waals surface area contributed by atoms with E-state index in [4.69, 9.17) is 18.9 Å². The maximum Gasteiger partial charge on any atom is 0.335 e. The van der Waals surface area contributed by atoms with E-state index in [1.165, 1.54) is 36.0 Å².